The van der Waals surface area contributed by atoms with E-state index >= 15 is 0 Å². The van der Waals surface area contributed by atoms with Gasteiger partial charge in [0.1, 0.15) is 0 Å². The molecule has 0 radical (unpaired) electrons. The van der Waals surface area contributed by atoms with Gasteiger partial charge in [0, 0.05) is 6.54 Å². The molecule has 1 aliphatic heterocycles. The van der Waals surface area contributed by atoms with E-state index < -0.39 is 0 Å². The van der Waals surface area contributed by atoms with Crippen LogP contribution in [0, 0.1) is 0 Å². The van der Waals surface area contributed by atoms with Crippen LogP contribution in [0.15, 0.2) is 36.4 Å². The molecule has 1 aromatic carbocycles. The molecule has 1 aromatic rings. The van der Waals surface area contributed by atoms with E-state index in [1.807, 2.05) is 0 Å². The molecule has 20 heavy (non-hydrogen) atoms. The number of allylic oxidation sites excluding steroid dienone is 2. The maximum Gasteiger partial charge on any atom is 0.261 e. The summed E-state index contributed by atoms with van der Waals surface area (Å²) in [7, 11) is 0. The molecule has 0 aliphatic carbocycles. The second-order valence-electron chi connectivity index (χ2n) is 5.06. The highest BCUT2D eigenvalue weighted by atomic mass is 16.2. The molecule has 3 nitrogen and oxygen atoms in total. The molecule has 0 fully saturated rings. The highest BCUT2D eigenvalue weighted by Crippen LogP contribution is 2.22. The topological polar surface area (TPSA) is 37.4 Å². The third-order valence-corrected chi connectivity index (χ3v) is 3.52. The minimum Gasteiger partial charge on any atom is -0.274 e. The van der Waals surface area contributed by atoms with E-state index in [9.17, 15) is 9.59 Å². The number of unbranched alkanes of at least 4 members (excludes halogenated alkanes) is 3. The standard InChI is InChI=1S/C17H21NO2/c1-2-3-4-5-6-7-10-13-18-16(19)14-11-8-9-12-15(14)17(18)20/h5-6,8-9,11-12H,2-4,7,10,13H2,1H3. The molecule has 2 rings (SSSR count). The van der Waals surface area contributed by atoms with E-state index in [1.54, 1.807) is 24.3 Å². The lowest BCUT2D eigenvalue weighted by atomic mass is 10.1. The molecule has 0 saturated heterocycles. The number of fused-ring (bicyclic) bond motifs is 1. The summed E-state index contributed by atoms with van der Waals surface area (Å²) in [6, 6.07) is 7.04. The van der Waals surface area contributed by atoms with Gasteiger partial charge in [0.15, 0.2) is 0 Å². The van der Waals surface area contributed by atoms with E-state index in [1.165, 1.54) is 17.7 Å². The van der Waals surface area contributed by atoms with Crippen LogP contribution in [0.2, 0.25) is 0 Å². The highest BCUT2D eigenvalue weighted by molar-refractivity contribution is 6.21. The van der Waals surface area contributed by atoms with Crippen LogP contribution in [0.5, 0.6) is 0 Å². The molecule has 0 bridgehead atoms. The van der Waals surface area contributed by atoms with Crippen molar-refractivity contribution in [1.29, 1.82) is 0 Å². The summed E-state index contributed by atoms with van der Waals surface area (Å²) < 4.78 is 0. The Morgan fingerprint density at radius 3 is 2.05 bits per heavy atom. The first kappa shape index (κ1) is 14.5. The van der Waals surface area contributed by atoms with Gasteiger partial charge in [0.05, 0.1) is 11.1 Å². The van der Waals surface area contributed by atoms with Gasteiger partial charge in [-0.15, -0.1) is 0 Å². The Bertz CT molecular complexity index is 484. The third-order valence-electron chi connectivity index (χ3n) is 3.52. The van der Waals surface area contributed by atoms with Crippen LogP contribution in [0.3, 0.4) is 0 Å². The minimum absolute atomic E-state index is 0.152. The van der Waals surface area contributed by atoms with Gasteiger partial charge in [-0.25, -0.2) is 0 Å². The van der Waals surface area contributed by atoms with Crippen molar-refractivity contribution in [1.82, 2.24) is 4.90 Å². The fraction of sp³-hybridized carbons (Fsp3) is 0.412. The number of carbonyl (C=O) groups excluding carboxylic acids is 2. The molecule has 0 unspecified atom stereocenters. The molecule has 1 aliphatic rings. The Morgan fingerprint density at radius 2 is 1.50 bits per heavy atom. The lowest BCUT2D eigenvalue weighted by Crippen LogP contribution is -2.30. The van der Waals surface area contributed by atoms with Gasteiger partial charge >= 0.3 is 0 Å². The number of hydrogen-bond acceptors (Lipinski definition) is 2. The lowest BCUT2D eigenvalue weighted by molar-refractivity contribution is 0.0653. The van der Waals surface area contributed by atoms with Crippen LogP contribution < -0.4 is 0 Å². The quantitative estimate of drug-likeness (QED) is 0.429. The number of rotatable bonds is 7. The van der Waals surface area contributed by atoms with Crippen molar-refractivity contribution in [3.05, 3.63) is 47.5 Å². The summed E-state index contributed by atoms with van der Waals surface area (Å²) in [4.78, 5) is 25.6. The monoisotopic (exact) mass is 271 g/mol. The molecule has 1 heterocycles. The Kier molecular flexibility index (Phi) is 5.10. The van der Waals surface area contributed by atoms with Gasteiger partial charge < -0.3 is 0 Å². The fourth-order valence-electron chi connectivity index (χ4n) is 2.37. The smallest absolute Gasteiger partial charge is 0.261 e. The zero-order valence-corrected chi connectivity index (χ0v) is 12.0. The predicted molar refractivity (Wildman–Crippen MR) is 79.7 cm³/mol. The van der Waals surface area contributed by atoms with Crippen molar-refractivity contribution in [3.8, 4) is 0 Å². The number of hydrogen-bond donors (Lipinski definition) is 0. The summed E-state index contributed by atoms with van der Waals surface area (Å²) in [5, 5.41) is 0. The largest absolute Gasteiger partial charge is 0.274 e. The van der Waals surface area contributed by atoms with Crippen LogP contribution in [0.1, 0.15) is 59.7 Å². The Morgan fingerprint density at radius 1 is 0.950 bits per heavy atom. The second-order valence-corrected chi connectivity index (χ2v) is 5.06. The van der Waals surface area contributed by atoms with Crippen molar-refractivity contribution in [3.63, 3.8) is 0 Å². The van der Waals surface area contributed by atoms with E-state index in [-0.39, 0.29) is 11.8 Å². The van der Waals surface area contributed by atoms with Crippen LogP contribution in [0.25, 0.3) is 0 Å². The highest BCUT2D eigenvalue weighted by Gasteiger charge is 2.34. The van der Waals surface area contributed by atoms with Gasteiger partial charge in [-0.2, -0.15) is 0 Å². The van der Waals surface area contributed by atoms with E-state index in [4.69, 9.17) is 0 Å². The fourth-order valence-corrected chi connectivity index (χ4v) is 2.37. The van der Waals surface area contributed by atoms with Crippen LogP contribution >= 0.6 is 0 Å². The van der Waals surface area contributed by atoms with Crippen molar-refractivity contribution >= 4 is 11.8 Å². The number of nitrogens with zero attached hydrogens (tertiary/aromatic N) is 1. The number of benzene rings is 1. The second kappa shape index (κ2) is 7.04. The maximum absolute atomic E-state index is 12.1. The summed E-state index contributed by atoms with van der Waals surface area (Å²) in [5.41, 5.74) is 1.08. The predicted octanol–water partition coefficient (Wildman–Crippen LogP) is 3.81. The molecule has 0 aromatic heterocycles. The zero-order chi connectivity index (χ0) is 14.4. The van der Waals surface area contributed by atoms with Gasteiger partial charge in [-0.3, -0.25) is 14.5 Å². The Balaban J connectivity index is 1.82. The summed E-state index contributed by atoms with van der Waals surface area (Å²) in [6.07, 6.45) is 9.61. The normalized spacial score (nSPS) is 14.3. The zero-order valence-electron chi connectivity index (χ0n) is 12.0. The average molecular weight is 271 g/mol. The van der Waals surface area contributed by atoms with Gasteiger partial charge in [0.2, 0.25) is 0 Å². The van der Waals surface area contributed by atoms with E-state index in [0.29, 0.717) is 17.7 Å². The summed E-state index contributed by atoms with van der Waals surface area (Å²) in [5.74, 6) is -0.305. The van der Waals surface area contributed by atoms with Gasteiger partial charge in [0.25, 0.3) is 11.8 Å². The van der Waals surface area contributed by atoms with Crippen molar-refractivity contribution in [2.45, 2.75) is 39.0 Å². The number of amides is 2. The first-order chi connectivity index (χ1) is 9.75. The SMILES string of the molecule is CCCCC=CCCCN1C(=O)c2ccccc2C1=O. The number of imide groups is 1. The Hall–Kier alpha value is -1.90. The van der Waals surface area contributed by atoms with Crippen LogP contribution in [0.4, 0.5) is 0 Å². The first-order valence-electron chi connectivity index (χ1n) is 7.36. The number of carbonyl (C=O) groups is 2. The maximum atomic E-state index is 12.1. The summed E-state index contributed by atoms with van der Waals surface area (Å²) in [6.45, 7) is 2.68. The molecular formula is C17H21NO2. The molecule has 2 amide bonds. The Labute approximate surface area is 120 Å². The first-order valence-corrected chi connectivity index (χ1v) is 7.36. The third kappa shape index (κ3) is 3.16. The van der Waals surface area contributed by atoms with E-state index in [2.05, 4.69) is 19.1 Å². The minimum atomic E-state index is -0.152. The lowest BCUT2D eigenvalue weighted by Gasteiger charge is -2.12. The van der Waals surface area contributed by atoms with Crippen LogP contribution in [-0.2, 0) is 0 Å². The van der Waals surface area contributed by atoms with Crippen LogP contribution in [-0.4, -0.2) is 23.3 Å². The average Bonchev–Trinajstić information content (AvgIpc) is 2.71. The van der Waals surface area contributed by atoms with Crippen molar-refractivity contribution in [2.24, 2.45) is 0 Å². The van der Waals surface area contributed by atoms with Gasteiger partial charge in [-0.05, 0) is 31.4 Å². The molecule has 0 N–H and O–H groups in total. The summed E-state index contributed by atoms with van der Waals surface area (Å²) >= 11 is 0. The molecule has 106 valence electrons. The van der Waals surface area contributed by atoms with E-state index in [0.717, 1.165) is 19.3 Å². The van der Waals surface area contributed by atoms with Gasteiger partial charge in [-0.1, -0.05) is 44.1 Å². The molecular weight excluding hydrogens is 250 g/mol. The van der Waals surface area contributed by atoms with Crippen molar-refractivity contribution < 1.29 is 9.59 Å². The molecule has 0 saturated carbocycles. The van der Waals surface area contributed by atoms with Crippen molar-refractivity contribution in [2.75, 3.05) is 6.54 Å². The molecule has 3 heteroatoms. The molecule has 0 spiro atoms. The molecule has 0 atom stereocenters.